The van der Waals surface area contributed by atoms with Gasteiger partial charge in [0.15, 0.2) is 17.4 Å². The van der Waals surface area contributed by atoms with Gasteiger partial charge in [-0.05, 0) is 6.92 Å². The third-order valence-electron chi connectivity index (χ3n) is 4.10. The molecule has 0 bridgehead atoms. The molecule has 19 heteroatoms. The van der Waals surface area contributed by atoms with E-state index in [-0.39, 0.29) is 30.6 Å². The maximum atomic E-state index is 11.9. The van der Waals surface area contributed by atoms with Crippen LogP contribution >= 0.6 is 29.1 Å². The van der Waals surface area contributed by atoms with Crippen LogP contribution in [0.5, 0.6) is 0 Å². The summed E-state index contributed by atoms with van der Waals surface area (Å²) in [5, 5.41) is 21.1. The van der Waals surface area contributed by atoms with Crippen LogP contribution in [-0.2, 0) is 22.7 Å². The molecule has 2 aromatic rings. The van der Waals surface area contributed by atoms with E-state index in [9.17, 15) is 24.1 Å². The molecule has 170 valence electrons. The number of aliphatic hydroxyl groups excluding tert-OH is 1. The van der Waals surface area contributed by atoms with E-state index in [1.54, 1.807) is 0 Å². The highest BCUT2D eigenvalue weighted by Crippen LogP contribution is 2.55. The predicted molar refractivity (Wildman–Crippen MR) is 104 cm³/mol. The molecule has 0 saturated carbocycles. The van der Waals surface area contributed by atoms with Gasteiger partial charge in [-0.25, -0.2) is 19.6 Å². The molecule has 30 heavy (non-hydrogen) atoms. The van der Waals surface area contributed by atoms with Crippen LogP contribution in [0.15, 0.2) is 11.1 Å². The zero-order valence-corrected chi connectivity index (χ0v) is 17.9. The molecule has 3 rings (SSSR count). The summed E-state index contributed by atoms with van der Waals surface area (Å²) in [4.78, 5) is 39.3. The Bertz CT molecular complexity index is 1080. The fourth-order valence-electron chi connectivity index (χ4n) is 2.84. The van der Waals surface area contributed by atoms with Crippen molar-refractivity contribution in [3.8, 4) is 0 Å². The number of phosphoric acid groups is 1. The van der Waals surface area contributed by atoms with Gasteiger partial charge in [0.2, 0.25) is 5.95 Å². The number of rotatable bonds is 6. The van der Waals surface area contributed by atoms with E-state index >= 15 is 0 Å². The quantitative estimate of drug-likeness (QED) is 0.216. The number of aliphatic hydroxyl groups is 2. The number of anilines is 1. The van der Waals surface area contributed by atoms with Gasteiger partial charge in [-0.1, -0.05) is 0 Å². The van der Waals surface area contributed by atoms with Crippen molar-refractivity contribution in [2.24, 2.45) is 5.50 Å². The zero-order chi connectivity index (χ0) is 21.8. The van der Waals surface area contributed by atoms with Crippen molar-refractivity contribution in [1.82, 2.24) is 19.5 Å². The lowest BCUT2D eigenvalue weighted by atomic mass is 9.96. The first kappa shape index (κ1) is 24.9. The first-order chi connectivity index (χ1) is 13.2. The Morgan fingerprint density at radius 1 is 1.43 bits per heavy atom. The molecule has 0 aliphatic carbocycles. The van der Waals surface area contributed by atoms with Crippen LogP contribution in [0.2, 0.25) is 0 Å². The number of aromatic nitrogens is 4. The summed E-state index contributed by atoms with van der Waals surface area (Å²) in [6, 6.07) is 0. The topological polar surface area (TPSA) is 258 Å². The molecule has 9 N–H and O–H groups in total. The summed E-state index contributed by atoms with van der Waals surface area (Å²) in [5.74, 6) is -0.221. The Kier molecular flexibility index (Phi) is 6.88. The number of nitrogens with one attached hydrogen (secondary N) is 1. The van der Waals surface area contributed by atoms with E-state index in [0.717, 1.165) is 10.9 Å². The molecule has 0 amide bonds. The number of hydrogen-bond acceptors (Lipinski definition) is 11. The van der Waals surface area contributed by atoms with Gasteiger partial charge in [-0.2, -0.15) is 22.8 Å². The van der Waals surface area contributed by atoms with Crippen LogP contribution < -0.4 is 16.8 Å². The summed E-state index contributed by atoms with van der Waals surface area (Å²) in [6.07, 6.45) is -3.21. The van der Waals surface area contributed by atoms with Crippen molar-refractivity contribution >= 4 is 46.2 Å². The van der Waals surface area contributed by atoms with Crippen molar-refractivity contribution in [2.45, 2.75) is 31.0 Å². The van der Waals surface area contributed by atoms with E-state index in [0.29, 0.717) is 0 Å². The van der Waals surface area contributed by atoms with Gasteiger partial charge >= 0.3 is 15.6 Å². The van der Waals surface area contributed by atoms with E-state index in [1.165, 1.54) is 6.92 Å². The largest absolute Gasteiger partial charge is 0.477 e. The van der Waals surface area contributed by atoms with E-state index < -0.39 is 51.8 Å². The normalized spacial score (nSPS) is 28.9. The highest BCUT2D eigenvalue weighted by atomic mass is 32.1. The fraction of sp³-hybridized carbons (Fsp3) is 0.545. The number of aromatic amines is 1. The van der Waals surface area contributed by atoms with E-state index in [2.05, 4.69) is 23.8 Å². The van der Waals surface area contributed by atoms with Gasteiger partial charge in [-0.15, -0.1) is 0 Å². The Hall–Kier alpha value is -1.36. The predicted octanol–water partition coefficient (Wildman–Crippen LogP) is -1.98. The minimum absolute atomic E-state index is 0. The van der Waals surface area contributed by atoms with Crippen LogP contribution in [0, 0.1) is 0 Å². The van der Waals surface area contributed by atoms with Crippen molar-refractivity contribution in [3.05, 3.63) is 16.7 Å². The first-order valence-corrected chi connectivity index (χ1v) is 10.9. The van der Waals surface area contributed by atoms with Gasteiger partial charge in [-0.3, -0.25) is 18.9 Å². The van der Waals surface area contributed by atoms with Crippen molar-refractivity contribution in [2.75, 3.05) is 12.3 Å². The number of nitrogens with zero attached hydrogens (tertiary/aromatic N) is 3. The number of imidazole rings is 1. The van der Waals surface area contributed by atoms with Crippen LogP contribution in [0.25, 0.3) is 11.2 Å². The lowest BCUT2D eigenvalue weighted by Crippen LogP contribution is -2.44. The minimum atomic E-state index is -5.21. The van der Waals surface area contributed by atoms with Crippen LogP contribution in [-0.4, -0.2) is 63.9 Å². The minimum Gasteiger partial charge on any atom is -0.387 e. The number of ether oxygens (including phenoxy) is 1. The van der Waals surface area contributed by atoms with Crippen LogP contribution in [0.1, 0.15) is 13.2 Å². The van der Waals surface area contributed by atoms with Gasteiger partial charge in [0, 0.05) is 0 Å². The molecule has 0 spiro atoms. The molecule has 16 nitrogen and oxygen atoms in total. The fourth-order valence-corrected chi connectivity index (χ4v) is 4.57. The molecule has 3 heterocycles. The summed E-state index contributed by atoms with van der Waals surface area (Å²) >= 11 is 0. The van der Waals surface area contributed by atoms with Crippen LogP contribution in [0.3, 0.4) is 0 Å². The van der Waals surface area contributed by atoms with Crippen molar-refractivity contribution < 1.29 is 42.7 Å². The first-order valence-electron chi connectivity index (χ1n) is 7.79. The number of fused-ring (bicyclic) bond motifs is 1. The van der Waals surface area contributed by atoms with E-state index in [4.69, 9.17) is 25.8 Å². The van der Waals surface area contributed by atoms with Gasteiger partial charge in [0.1, 0.15) is 17.8 Å². The lowest BCUT2D eigenvalue weighted by Gasteiger charge is -2.27. The maximum Gasteiger partial charge on any atom is 0.477 e. The summed E-state index contributed by atoms with van der Waals surface area (Å²) < 4.78 is 37.7. The molecule has 2 aromatic heterocycles. The Morgan fingerprint density at radius 3 is 2.67 bits per heavy atom. The monoisotopic (exact) mass is 490 g/mol. The molecule has 0 radical (unpaired) electrons. The third kappa shape index (κ3) is 4.92. The molecule has 1 aliphatic heterocycles. The number of H-pyrrole nitrogens is 1. The lowest BCUT2D eigenvalue weighted by molar-refractivity contribution is -0.0948. The number of nitrogen functional groups attached to an aromatic ring is 1. The Labute approximate surface area is 174 Å². The summed E-state index contributed by atoms with van der Waals surface area (Å²) in [5.41, 5.74) is 7.83. The SMILES string of the molecule is C[C@@]1(O)[C@H](O)[C@@H](COP(N)(=O)OP(=O)(O)O)O[C@H]1n1cnc2c(=O)[nH]c(N)nc21.S. The van der Waals surface area contributed by atoms with Crippen LogP contribution in [0.4, 0.5) is 5.95 Å². The summed E-state index contributed by atoms with van der Waals surface area (Å²) in [6.45, 7) is 0.448. The molecule has 1 saturated heterocycles. The third-order valence-corrected chi connectivity index (χ3v) is 6.37. The molecule has 1 unspecified atom stereocenters. The molecule has 1 aliphatic rings. The maximum absolute atomic E-state index is 11.9. The Balaban J connectivity index is 0.00000320. The second kappa shape index (κ2) is 8.29. The van der Waals surface area contributed by atoms with Gasteiger partial charge in [0.05, 0.1) is 12.9 Å². The van der Waals surface area contributed by atoms with Crippen molar-refractivity contribution in [3.63, 3.8) is 0 Å². The van der Waals surface area contributed by atoms with Gasteiger partial charge < -0.3 is 30.5 Å². The second-order valence-electron chi connectivity index (χ2n) is 6.38. The average molecular weight is 490 g/mol. The average Bonchev–Trinajstić information content (AvgIpc) is 3.04. The zero-order valence-electron chi connectivity index (χ0n) is 15.1. The molecular formula is C11H20N6O10P2S. The molecule has 1 fully saturated rings. The molecule has 0 aromatic carbocycles. The Morgan fingerprint density at radius 2 is 2.07 bits per heavy atom. The number of hydrogen-bond donors (Lipinski definition) is 7. The second-order valence-corrected chi connectivity index (χ2v) is 9.35. The molecular weight excluding hydrogens is 470 g/mol. The highest BCUT2D eigenvalue weighted by Gasteiger charge is 2.54. The van der Waals surface area contributed by atoms with Gasteiger partial charge in [0.25, 0.3) is 5.56 Å². The smallest absolute Gasteiger partial charge is 0.387 e. The highest BCUT2D eigenvalue weighted by molar-refractivity contribution is 7.62. The van der Waals surface area contributed by atoms with E-state index in [1.807, 2.05) is 0 Å². The number of nitrogens with two attached hydrogens (primary N) is 2. The van der Waals surface area contributed by atoms with Crippen molar-refractivity contribution in [1.29, 1.82) is 0 Å². The standard InChI is InChI=1S/C11H18N6O10P2.H2S/c1-11(20)6(18)4(2-25-28(13,21)27-29(22,23)24)26-9(11)17-3-14-5-7(17)15-10(12)16-8(5)19;/h3-4,6,9,18,20H,2H2,1H3,(H2,13,21)(H2,22,23,24)(H3,12,15,16,19);1H2/t4-,6-,9-,11-,28?;/m1./s1. The molecule has 5 atom stereocenters. The summed E-state index contributed by atoms with van der Waals surface area (Å²) in [7, 11) is -9.90.